The van der Waals surface area contributed by atoms with Crippen LogP contribution in [0.1, 0.15) is 47.4 Å². The normalized spacial score (nSPS) is 17.3. The monoisotopic (exact) mass is 285 g/mol. The first-order chi connectivity index (χ1) is 10.2. The quantitative estimate of drug-likeness (QED) is 0.879. The molecular formula is C16H19N3O2. The summed E-state index contributed by atoms with van der Waals surface area (Å²) >= 11 is 0. The van der Waals surface area contributed by atoms with Crippen molar-refractivity contribution in [2.75, 3.05) is 6.61 Å². The number of hydrogen-bond donors (Lipinski definition) is 1. The van der Waals surface area contributed by atoms with E-state index >= 15 is 0 Å². The van der Waals surface area contributed by atoms with Crippen LogP contribution in [0.5, 0.6) is 0 Å². The van der Waals surface area contributed by atoms with Crippen molar-refractivity contribution in [2.24, 2.45) is 5.73 Å². The highest BCUT2D eigenvalue weighted by Gasteiger charge is 2.22. The van der Waals surface area contributed by atoms with Crippen LogP contribution in [-0.2, 0) is 11.2 Å². The van der Waals surface area contributed by atoms with Crippen molar-refractivity contribution < 1.29 is 9.53 Å². The van der Waals surface area contributed by atoms with Crippen LogP contribution in [0.15, 0.2) is 30.5 Å². The number of nitrogens with two attached hydrogens (primary N) is 1. The molecule has 0 amide bonds. The Morgan fingerprint density at radius 3 is 3.19 bits per heavy atom. The van der Waals surface area contributed by atoms with Crippen LogP contribution in [0.2, 0.25) is 0 Å². The number of esters is 1. The third-order valence-electron chi connectivity index (χ3n) is 3.83. The molecule has 0 spiro atoms. The van der Waals surface area contributed by atoms with Gasteiger partial charge in [0, 0.05) is 17.3 Å². The zero-order chi connectivity index (χ0) is 14.8. The highest BCUT2D eigenvalue weighted by Crippen LogP contribution is 2.29. The van der Waals surface area contributed by atoms with E-state index in [-0.39, 0.29) is 12.0 Å². The summed E-state index contributed by atoms with van der Waals surface area (Å²) in [4.78, 5) is 11.8. The number of fused-ring (bicyclic) bond motifs is 1. The van der Waals surface area contributed by atoms with Crippen molar-refractivity contribution in [3.63, 3.8) is 0 Å². The van der Waals surface area contributed by atoms with Gasteiger partial charge in [0.2, 0.25) is 0 Å². The third kappa shape index (κ3) is 2.56. The molecule has 0 aliphatic heterocycles. The lowest BCUT2D eigenvalue weighted by Crippen LogP contribution is -2.18. The molecule has 0 unspecified atom stereocenters. The van der Waals surface area contributed by atoms with E-state index in [1.54, 1.807) is 13.0 Å². The zero-order valence-electron chi connectivity index (χ0n) is 12.1. The Labute approximate surface area is 123 Å². The fraction of sp³-hybridized carbons (Fsp3) is 0.375. The van der Waals surface area contributed by atoms with Crippen LogP contribution >= 0.6 is 0 Å². The molecule has 0 radical (unpaired) electrons. The number of aromatic nitrogens is 2. The van der Waals surface area contributed by atoms with Crippen LogP contribution in [0.25, 0.3) is 5.69 Å². The van der Waals surface area contributed by atoms with E-state index in [2.05, 4.69) is 5.10 Å². The third-order valence-corrected chi connectivity index (χ3v) is 3.83. The molecule has 1 atom stereocenters. The molecule has 110 valence electrons. The molecule has 1 aliphatic rings. The van der Waals surface area contributed by atoms with Gasteiger partial charge in [0.1, 0.15) is 0 Å². The molecule has 1 aliphatic carbocycles. The van der Waals surface area contributed by atoms with E-state index in [0.29, 0.717) is 12.2 Å². The lowest BCUT2D eigenvalue weighted by Gasteiger charge is -2.19. The molecule has 2 aromatic rings. The molecule has 2 N–H and O–H groups in total. The summed E-state index contributed by atoms with van der Waals surface area (Å²) in [7, 11) is 0. The van der Waals surface area contributed by atoms with Crippen molar-refractivity contribution in [1.82, 2.24) is 9.78 Å². The molecule has 21 heavy (non-hydrogen) atoms. The summed E-state index contributed by atoms with van der Waals surface area (Å²) < 4.78 is 6.93. The fourth-order valence-corrected chi connectivity index (χ4v) is 2.79. The summed E-state index contributed by atoms with van der Waals surface area (Å²) in [6.45, 7) is 2.17. The molecule has 0 saturated carbocycles. The van der Waals surface area contributed by atoms with Gasteiger partial charge in [-0.1, -0.05) is 6.07 Å². The fourth-order valence-electron chi connectivity index (χ4n) is 2.79. The van der Waals surface area contributed by atoms with Crippen LogP contribution in [-0.4, -0.2) is 22.4 Å². The van der Waals surface area contributed by atoms with Gasteiger partial charge in [-0.2, -0.15) is 5.10 Å². The number of carbonyl (C=O) groups is 1. The van der Waals surface area contributed by atoms with Gasteiger partial charge in [0.25, 0.3) is 0 Å². The van der Waals surface area contributed by atoms with Gasteiger partial charge in [-0.3, -0.25) is 0 Å². The minimum absolute atomic E-state index is 0.0655. The number of ether oxygens (including phenoxy) is 1. The smallest absolute Gasteiger partial charge is 0.338 e. The standard InChI is InChI=1S/C16H19N3O2/c1-2-21-16(20)11-5-3-6-12(9-11)19-15-8-4-7-14(17)13(15)10-18-19/h3,5-6,9-10,14H,2,4,7-8,17H2,1H3/t14-/m1/s1. The van der Waals surface area contributed by atoms with E-state index in [1.165, 1.54) is 0 Å². The minimum atomic E-state index is -0.308. The highest BCUT2D eigenvalue weighted by atomic mass is 16.5. The Morgan fingerprint density at radius 2 is 2.38 bits per heavy atom. The van der Waals surface area contributed by atoms with Gasteiger partial charge in [0.15, 0.2) is 0 Å². The molecular weight excluding hydrogens is 266 g/mol. The van der Waals surface area contributed by atoms with Gasteiger partial charge in [0.05, 0.1) is 24.1 Å². The first-order valence-corrected chi connectivity index (χ1v) is 7.30. The van der Waals surface area contributed by atoms with Gasteiger partial charge in [-0.25, -0.2) is 9.48 Å². The first kappa shape index (κ1) is 13.8. The van der Waals surface area contributed by atoms with Crippen LogP contribution < -0.4 is 5.73 Å². The van der Waals surface area contributed by atoms with Crippen molar-refractivity contribution in [3.05, 3.63) is 47.3 Å². The summed E-state index contributed by atoms with van der Waals surface area (Å²) in [5.74, 6) is -0.308. The zero-order valence-corrected chi connectivity index (χ0v) is 12.1. The number of benzene rings is 1. The molecule has 5 heteroatoms. The number of rotatable bonds is 3. The maximum absolute atomic E-state index is 11.8. The second-order valence-electron chi connectivity index (χ2n) is 5.23. The Balaban J connectivity index is 1.98. The molecule has 5 nitrogen and oxygen atoms in total. The lowest BCUT2D eigenvalue weighted by molar-refractivity contribution is 0.0526. The molecule has 1 aromatic carbocycles. The lowest BCUT2D eigenvalue weighted by atomic mass is 9.94. The largest absolute Gasteiger partial charge is 0.462 e. The average Bonchev–Trinajstić information content (AvgIpc) is 2.93. The summed E-state index contributed by atoms with van der Waals surface area (Å²) in [5.41, 5.74) is 9.80. The van der Waals surface area contributed by atoms with Crippen molar-refractivity contribution >= 4 is 5.97 Å². The maximum atomic E-state index is 11.8. The van der Waals surface area contributed by atoms with Crippen LogP contribution in [0.4, 0.5) is 0 Å². The van der Waals surface area contributed by atoms with E-state index in [4.69, 9.17) is 10.5 Å². The molecule has 1 heterocycles. The molecule has 0 bridgehead atoms. The Kier molecular flexibility index (Phi) is 3.75. The van der Waals surface area contributed by atoms with E-state index < -0.39 is 0 Å². The van der Waals surface area contributed by atoms with Crippen LogP contribution in [0, 0.1) is 0 Å². The first-order valence-electron chi connectivity index (χ1n) is 7.30. The van der Waals surface area contributed by atoms with Crippen molar-refractivity contribution in [3.8, 4) is 5.69 Å². The van der Waals surface area contributed by atoms with E-state index in [1.807, 2.05) is 29.1 Å². The summed E-state index contributed by atoms with van der Waals surface area (Å²) in [6, 6.07) is 7.42. The SMILES string of the molecule is CCOC(=O)c1cccc(-n2ncc3c2CCC[C@H]3N)c1. The topological polar surface area (TPSA) is 70.1 Å². The van der Waals surface area contributed by atoms with Gasteiger partial charge < -0.3 is 10.5 Å². The number of carbonyl (C=O) groups excluding carboxylic acids is 1. The summed E-state index contributed by atoms with van der Waals surface area (Å²) in [5, 5.41) is 4.45. The van der Waals surface area contributed by atoms with Crippen molar-refractivity contribution in [2.45, 2.75) is 32.2 Å². The van der Waals surface area contributed by atoms with E-state index in [9.17, 15) is 4.79 Å². The minimum Gasteiger partial charge on any atom is -0.462 e. The second-order valence-corrected chi connectivity index (χ2v) is 5.23. The predicted molar refractivity (Wildman–Crippen MR) is 79.4 cm³/mol. The van der Waals surface area contributed by atoms with Gasteiger partial charge in [-0.15, -0.1) is 0 Å². The van der Waals surface area contributed by atoms with Gasteiger partial charge >= 0.3 is 5.97 Å². The Bertz CT molecular complexity index is 663. The van der Waals surface area contributed by atoms with E-state index in [0.717, 1.165) is 36.2 Å². The van der Waals surface area contributed by atoms with Crippen LogP contribution in [0.3, 0.4) is 0 Å². The Hall–Kier alpha value is -2.14. The Morgan fingerprint density at radius 1 is 1.52 bits per heavy atom. The second kappa shape index (κ2) is 5.69. The summed E-state index contributed by atoms with van der Waals surface area (Å²) in [6.07, 6.45) is 4.88. The highest BCUT2D eigenvalue weighted by molar-refractivity contribution is 5.90. The number of nitrogens with zero attached hydrogens (tertiary/aromatic N) is 2. The number of hydrogen-bond acceptors (Lipinski definition) is 4. The van der Waals surface area contributed by atoms with Gasteiger partial charge in [-0.05, 0) is 44.4 Å². The molecule has 3 rings (SSSR count). The maximum Gasteiger partial charge on any atom is 0.338 e. The average molecular weight is 285 g/mol. The van der Waals surface area contributed by atoms with Crippen molar-refractivity contribution in [1.29, 1.82) is 0 Å². The molecule has 0 fully saturated rings. The molecule has 0 saturated heterocycles. The predicted octanol–water partition coefficient (Wildman–Crippen LogP) is 2.39. The molecule has 1 aromatic heterocycles.